The summed E-state index contributed by atoms with van der Waals surface area (Å²) in [5.74, 6) is 0.00767. The molecular weight excluding hydrogens is 328 g/mol. The number of hydrogen-bond acceptors (Lipinski definition) is 2. The predicted octanol–water partition coefficient (Wildman–Crippen LogP) is 4.58. The smallest absolute Gasteiger partial charge is 0.212 e. The quantitative estimate of drug-likeness (QED) is 0.757. The maximum atomic E-state index is 12.7. The van der Waals surface area contributed by atoms with E-state index in [-0.39, 0.29) is 11.2 Å². The van der Waals surface area contributed by atoms with Gasteiger partial charge in [-0.25, -0.2) is 0 Å². The molecule has 0 aliphatic heterocycles. The van der Waals surface area contributed by atoms with E-state index >= 15 is 0 Å². The van der Waals surface area contributed by atoms with Crippen molar-refractivity contribution in [3.63, 3.8) is 0 Å². The number of benzene rings is 1. The fourth-order valence-electron chi connectivity index (χ4n) is 2.23. The van der Waals surface area contributed by atoms with Crippen molar-refractivity contribution < 1.29 is 4.79 Å². The second-order valence-corrected chi connectivity index (χ2v) is 7.08. The first-order chi connectivity index (χ1) is 9.84. The SMILES string of the molecule is CCCn1ncc(Br)c1C(=O)c1ccc(C(C)(C)C)cc1. The first-order valence-electron chi connectivity index (χ1n) is 7.21. The van der Waals surface area contributed by atoms with E-state index in [9.17, 15) is 4.79 Å². The molecule has 21 heavy (non-hydrogen) atoms. The van der Waals surface area contributed by atoms with Crippen LogP contribution in [0.4, 0.5) is 0 Å². The molecule has 0 saturated heterocycles. The molecule has 1 heterocycles. The lowest BCUT2D eigenvalue weighted by Crippen LogP contribution is -2.14. The molecule has 4 heteroatoms. The highest BCUT2D eigenvalue weighted by Crippen LogP contribution is 2.24. The summed E-state index contributed by atoms with van der Waals surface area (Å²) in [6, 6.07) is 7.86. The molecule has 0 amide bonds. The van der Waals surface area contributed by atoms with Gasteiger partial charge in [0, 0.05) is 12.1 Å². The van der Waals surface area contributed by atoms with Crippen LogP contribution in [0.15, 0.2) is 34.9 Å². The van der Waals surface area contributed by atoms with Gasteiger partial charge in [-0.1, -0.05) is 52.0 Å². The Bertz CT molecular complexity index is 636. The summed E-state index contributed by atoms with van der Waals surface area (Å²) in [5.41, 5.74) is 2.63. The average Bonchev–Trinajstić information content (AvgIpc) is 2.79. The Morgan fingerprint density at radius 1 is 1.24 bits per heavy atom. The summed E-state index contributed by atoms with van der Waals surface area (Å²) in [4.78, 5) is 12.7. The molecule has 0 aliphatic rings. The van der Waals surface area contributed by atoms with Crippen molar-refractivity contribution in [3.05, 3.63) is 51.8 Å². The van der Waals surface area contributed by atoms with E-state index in [1.165, 1.54) is 5.56 Å². The fraction of sp³-hybridized carbons (Fsp3) is 0.412. The van der Waals surface area contributed by atoms with Gasteiger partial charge in [0.2, 0.25) is 5.78 Å². The molecule has 112 valence electrons. The molecule has 2 rings (SSSR count). The van der Waals surface area contributed by atoms with Crippen LogP contribution in [0, 0.1) is 0 Å². The Labute approximate surface area is 134 Å². The van der Waals surface area contributed by atoms with Gasteiger partial charge in [0.25, 0.3) is 0 Å². The molecule has 0 unspecified atom stereocenters. The molecule has 0 saturated carbocycles. The Balaban J connectivity index is 2.34. The van der Waals surface area contributed by atoms with Crippen LogP contribution in [0.3, 0.4) is 0 Å². The van der Waals surface area contributed by atoms with E-state index in [1.54, 1.807) is 10.9 Å². The van der Waals surface area contributed by atoms with Crippen molar-refractivity contribution in [2.24, 2.45) is 0 Å². The minimum absolute atomic E-state index is 0.00767. The van der Waals surface area contributed by atoms with Crippen LogP contribution in [0.25, 0.3) is 0 Å². The summed E-state index contributed by atoms with van der Waals surface area (Å²) >= 11 is 3.43. The zero-order valence-corrected chi connectivity index (χ0v) is 14.6. The van der Waals surface area contributed by atoms with Gasteiger partial charge in [-0.2, -0.15) is 5.10 Å². The van der Waals surface area contributed by atoms with E-state index < -0.39 is 0 Å². The molecule has 0 N–H and O–H groups in total. The molecule has 0 fully saturated rings. The van der Waals surface area contributed by atoms with Crippen molar-refractivity contribution in [2.45, 2.75) is 46.1 Å². The Morgan fingerprint density at radius 2 is 1.86 bits per heavy atom. The van der Waals surface area contributed by atoms with Gasteiger partial charge in [0.05, 0.1) is 10.7 Å². The number of rotatable bonds is 4. The normalized spacial score (nSPS) is 11.7. The van der Waals surface area contributed by atoms with Crippen LogP contribution in [0.5, 0.6) is 0 Å². The van der Waals surface area contributed by atoms with Crippen LogP contribution in [-0.4, -0.2) is 15.6 Å². The molecule has 0 spiro atoms. The number of carbonyl (C=O) groups is 1. The van der Waals surface area contributed by atoms with Crippen molar-refractivity contribution in [1.29, 1.82) is 0 Å². The van der Waals surface area contributed by atoms with Crippen LogP contribution in [0.1, 0.15) is 55.7 Å². The van der Waals surface area contributed by atoms with Gasteiger partial charge in [-0.15, -0.1) is 0 Å². The largest absolute Gasteiger partial charge is 0.287 e. The van der Waals surface area contributed by atoms with E-state index in [0.717, 1.165) is 17.4 Å². The monoisotopic (exact) mass is 348 g/mol. The van der Waals surface area contributed by atoms with Gasteiger partial charge in [-0.3, -0.25) is 9.48 Å². The highest BCUT2D eigenvalue weighted by molar-refractivity contribution is 9.10. The highest BCUT2D eigenvalue weighted by Gasteiger charge is 2.20. The van der Waals surface area contributed by atoms with E-state index in [0.29, 0.717) is 11.3 Å². The summed E-state index contributed by atoms with van der Waals surface area (Å²) in [7, 11) is 0. The van der Waals surface area contributed by atoms with E-state index in [1.807, 2.05) is 24.3 Å². The lowest BCUT2D eigenvalue weighted by molar-refractivity contribution is 0.102. The summed E-state index contributed by atoms with van der Waals surface area (Å²) in [5, 5.41) is 4.26. The molecule has 3 nitrogen and oxygen atoms in total. The third-order valence-corrected chi connectivity index (χ3v) is 4.04. The van der Waals surface area contributed by atoms with E-state index in [2.05, 4.69) is 48.7 Å². The third-order valence-electron chi connectivity index (χ3n) is 3.46. The van der Waals surface area contributed by atoms with Crippen molar-refractivity contribution in [2.75, 3.05) is 0 Å². The number of ketones is 1. The summed E-state index contributed by atoms with van der Waals surface area (Å²) in [6.45, 7) is 9.30. The zero-order valence-electron chi connectivity index (χ0n) is 13.0. The van der Waals surface area contributed by atoms with Gasteiger partial charge in [0.1, 0.15) is 5.69 Å². The molecule has 0 aliphatic carbocycles. The molecule has 2 aromatic rings. The van der Waals surface area contributed by atoms with Crippen molar-refractivity contribution in [3.8, 4) is 0 Å². The molecular formula is C17H21BrN2O. The Hall–Kier alpha value is -1.42. The number of aromatic nitrogens is 2. The summed E-state index contributed by atoms with van der Waals surface area (Å²) in [6.07, 6.45) is 2.63. The molecule has 0 radical (unpaired) electrons. The lowest BCUT2D eigenvalue weighted by atomic mass is 9.86. The fourth-order valence-corrected chi connectivity index (χ4v) is 2.70. The Morgan fingerprint density at radius 3 is 2.38 bits per heavy atom. The van der Waals surface area contributed by atoms with Crippen LogP contribution in [0.2, 0.25) is 0 Å². The number of halogens is 1. The molecule has 0 bridgehead atoms. The van der Waals surface area contributed by atoms with Gasteiger partial charge in [-0.05, 0) is 33.3 Å². The zero-order chi connectivity index (χ0) is 15.6. The molecule has 1 aromatic carbocycles. The minimum Gasteiger partial charge on any atom is -0.287 e. The topological polar surface area (TPSA) is 34.9 Å². The van der Waals surface area contributed by atoms with Crippen molar-refractivity contribution in [1.82, 2.24) is 9.78 Å². The van der Waals surface area contributed by atoms with Gasteiger partial charge in [0.15, 0.2) is 0 Å². The lowest BCUT2D eigenvalue weighted by Gasteiger charge is -2.19. The first-order valence-corrected chi connectivity index (χ1v) is 8.00. The second kappa shape index (κ2) is 6.14. The van der Waals surface area contributed by atoms with E-state index in [4.69, 9.17) is 0 Å². The molecule has 1 aromatic heterocycles. The first kappa shape index (κ1) is 16.0. The Kier molecular flexibility index (Phi) is 4.67. The van der Waals surface area contributed by atoms with Gasteiger partial charge < -0.3 is 0 Å². The van der Waals surface area contributed by atoms with Crippen LogP contribution in [-0.2, 0) is 12.0 Å². The van der Waals surface area contributed by atoms with Gasteiger partial charge >= 0.3 is 0 Å². The molecule has 0 atom stereocenters. The summed E-state index contributed by atoms with van der Waals surface area (Å²) < 4.78 is 2.52. The maximum Gasteiger partial charge on any atom is 0.212 e. The van der Waals surface area contributed by atoms with Crippen LogP contribution >= 0.6 is 15.9 Å². The number of hydrogen-bond donors (Lipinski definition) is 0. The third kappa shape index (κ3) is 3.43. The highest BCUT2D eigenvalue weighted by atomic mass is 79.9. The maximum absolute atomic E-state index is 12.7. The number of nitrogens with zero attached hydrogens (tertiary/aromatic N) is 2. The van der Waals surface area contributed by atoms with Crippen molar-refractivity contribution >= 4 is 21.7 Å². The number of carbonyl (C=O) groups excluding carboxylic acids is 1. The standard InChI is InChI=1S/C17H21BrN2O/c1-5-10-20-15(14(18)11-19-20)16(21)12-6-8-13(9-7-12)17(2,3)4/h6-9,11H,5,10H2,1-4H3. The minimum atomic E-state index is 0.00767. The predicted molar refractivity (Wildman–Crippen MR) is 88.8 cm³/mol. The average molecular weight is 349 g/mol. The van der Waals surface area contributed by atoms with Crippen LogP contribution < -0.4 is 0 Å². The second-order valence-electron chi connectivity index (χ2n) is 6.22. The number of aryl methyl sites for hydroxylation is 1.